The Labute approximate surface area is 117 Å². The number of hydrogen-bond acceptors (Lipinski definition) is 3. The van der Waals surface area contributed by atoms with Crippen LogP contribution in [-0.2, 0) is 19.5 Å². The highest BCUT2D eigenvalue weighted by Gasteiger charge is 2.18. The molecule has 0 bridgehead atoms. The number of rotatable bonds is 7. The zero-order valence-electron chi connectivity index (χ0n) is 12.7. The van der Waals surface area contributed by atoms with Gasteiger partial charge in [-0.25, -0.2) is 0 Å². The molecule has 2 rings (SSSR count). The molecule has 1 saturated heterocycles. The van der Waals surface area contributed by atoms with E-state index < -0.39 is 0 Å². The Morgan fingerprint density at radius 2 is 2.26 bits per heavy atom. The van der Waals surface area contributed by atoms with Gasteiger partial charge in [0.2, 0.25) is 0 Å². The van der Waals surface area contributed by atoms with E-state index in [-0.39, 0.29) is 0 Å². The molecular formula is C15H28N4. The Morgan fingerprint density at radius 3 is 2.84 bits per heavy atom. The highest BCUT2D eigenvalue weighted by atomic mass is 15.3. The molecule has 0 amide bonds. The van der Waals surface area contributed by atoms with Crippen LogP contribution >= 0.6 is 0 Å². The molecule has 1 N–H and O–H groups in total. The van der Waals surface area contributed by atoms with Crippen molar-refractivity contribution in [2.75, 3.05) is 19.6 Å². The lowest BCUT2D eigenvalue weighted by Gasteiger charge is -2.24. The van der Waals surface area contributed by atoms with Gasteiger partial charge < -0.3 is 5.32 Å². The van der Waals surface area contributed by atoms with Crippen molar-refractivity contribution in [2.45, 2.75) is 59.2 Å². The van der Waals surface area contributed by atoms with E-state index in [1.165, 1.54) is 30.8 Å². The summed E-state index contributed by atoms with van der Waals surface area (Å²) in [6.07, 6.45) is 3.68. The number of aromatic nitrogens is 2. The first-order valence-electron chi connectivity index (χ1n) is 7.78. The minimum atomic E-state index is 0.684. The van der Waals surface area contributed by atoms with Gasteiger partial charge >= 0.3 is 0 Å². The average Bonchev–Trinajstić information content (AvgIpc) is 3.06. The molecule has 1 aromatic heterocycles. The Hall–Kier alpha value is -0.870. The van der Waals surface area contributed by atoms with Gasteiger partial charge in [0.25, 0.3) is 0 Å². The summed E-state index contributed by atoms with van der Waals surface area (Å²) in [5, 5.41) is 8.23. The highest BCUT2D eigenvalue weighted by Crippen LogP contribution is 2.12. The van der Waals surface area contributed by atoms with E-state index in [9.17, 15) is 0 Å². The van der Waals surface area contributed by atoms with Gasteiger partial charge in [0, 0.05) is 25.7 Å². The third kappa shape index (κ3) is 3.80. The summed E-state index contributed by atoms with van der Waals surface area (Å²) in [4.78, 5) is 2.53. The summed E-state index contributed by atoms with van der Waals surface area (Å²) in [6, 6.07) is 2.96. The fraction of sp³-hybridized carbons (Fsp3) is 0.800. The summed E-state index contributed by atoms with van der Waals surface area (Å²) < 4.78 is 2.16. The second kappa shape index (κ2) is 7.06. The molecule has 1 aromatic rings. The average molecular weight is 264 g/mol. The van der Waals surface area contributed by atoms with Crippen LogP contribution in [-0.4, -0.2) is 40.4 Å². The molecule has 4 nitrogen and oxygen atoms in total. The van der Waals surface area contributed by atoms with Crippen molar-refractivity contribution < 1.29 is 0 Å². The third-order valence-electron chi connectivity index (χ3n) is 4.05. The number of hydrogen-bond donors (Lipinski definition) is 1. The molecule has 0 aliphatic carbocycles. The Kier molecular flexibility index (Phi) is 5.40. The Balaban J connectivity index is 1.98. The smallest absolute Gasteiger partial charge is 0.0625 e. The van der Waals surface area contributed by atoms with Crippen LogP contribution in [0.1, 0.15) is 45.0 Å². The second-order valence-corrected chi connectivity index (χ2v) is 5.42. The molecule has 0 radical (unpaired) electrons. The van der Waals surface area contributed by atoms with Crippen LogP contribution in [0.25, 0.3) is 0 Å². The van der Waals surface area contributed by atoms with Gasteiger partial charge in [-0.05, 0) is 45.3 Å². The summed E-state index contributed by atoms with van der Waals surface area (Å²) >= 11 is 0. The van der Waals surface area contributed by atoms with Crippen molar-refractivity contribution in [3.8, 4) is 0 Å². The molecule has 1 aliphatic rings. The molecular weight excluding hydrogens is 236 g/mol. The normalized spacial score (nSPS) is 19.5. The van der Waals surface area contributed by atoms with Crippen molar-refractivity contribution in [2.24, 2.45) is 0 Å². The zero-order chi connectivity index (χ0) is 13.7. The maximum atomic E-state index is 4.64. The summed E-state index contributed by atoms with van der Waals surface area (Å²) in [5.41, 5.74) is 2.58. The van der Waals surface area contributed by atoms with Gasteiger partial charge in [-0.3, -0.25) is 9.58 Å². The highest BCUT2D eigenvalue weighted by molar-refractivity contribution is 5.10. The van der Waals surface area contributed by atoms with E-state index >= 15 is 0 Å². The standard InChI is InChI=1S/C15H28N4/c1-4-13-10-15(19(6-3)17-13)12-18(5-2)11-14-8-7-9-16-14/h10,14,16H,4-9,11-12H2,1-3H3. The number of likely N-dealkylation sites (N-methyl/N-ethyl adjacent to an activating group) is 1. The molecule has 1 aliphatic heterocycles. The van der Waals surface area contributed by atoms with E-state index in [0.29, 0.717) is 6.04 Å². The first-order valence-corrected chi connectivity index (χ1v) is 7.78. The summed E-state index contributed by atoms with van der Waals surface area (Å²) in [5.74, 6) is 0. The number of aryl methyl sites for hydroxylation is 2. The molecule has 1 fully saturated rings. The van der Waals surface area contributed by atoms with Crippen molar-refractivity contribution in [3.05, 3.63) is 17.5 Å². The van der Waals surface area contributed by atoms with E-state index in [4.69, 9.17) is 0 Å². The summed E-state index contributed by atoms with van der Waals surface area (Å²) in [7, 11) is 0. The van der Waals surface area contributed by atoms with Crippen molar-refractivity contribution in [1.82, 2.24) is 20.0 Å². The van der Waals surface area contributed by atoms with Crippen molar-refractivity contribution >= 4 is 0 Å². The van der Waals surface area contributed by atoms with E-state index in [1.807, 2.05) is 0 Å². The third-order valence-corrected chi connectivity index (χ3v) is 4.05. The zero-order valence-corrected chi connectivity index (χ0v) is 12.7. The van der Waals surface area contributed by atoms with Crippen LogP contribution in [0.5, 0.6) is 0 Å². The van der Waals surface area contributed by atoms with Crippen LogP contribution in [0.3, 0.4) is 0 Å². The van der Waals surface area contributed by atoms with E-state index in [2.05, 4.69) is 46.8 Å². The largest absolute Gasteiger partial charge is 0.313 e. The lowest BCUT2D eigenvalue weighted by Crippen LogP contribution is -2.37. The van der Waals surface area contributed by atoms with Crippen LogP contribution in [0.2, 0.25) is 0 Å². The topological polar surface area (TPSA) is 33.1 Å². The Bertz CT molecular complexity index is 379. The Morgan fingerprint density at radius 1 is 1.42 bits per heavy atom. The number of nitrogens with zero attached hydrogens (tertiary/aromatic N) is 3. The van der Waals surface area contributed by atoms with Gasteiger partial charge in [0.05, 0.1) is 11.4 Å². The van der Waals surface area contributed by atoms with E-state index in [0.717, 1.165) is 32.6 Å². The molecule has 0 aromatic carbocycles. The molecule has 1 atom stereocenters. The van der Waals surface area contributed by atoms with Gasteiger partial charge in [-0.1, -0.05) is 13.8 Å². The first-order chi connectivity index (χ1) is 9.26. The predicted octanol–water partition coefficient (Wildman–Crippen LogP) is 2.04. The minimum Gasteiger partial charge on any atom is -0.313 e. The molecule has 0 saturated carbocycles. The first kappa shape index (κ1) is 14.5. The molecule has 1 unspecified atom stereocenters. The van der Waals surface area contributed by atoms with Gasteiger partial charge in [0.1, 0.15) is 0 Å². The molecule has 2 heterocycles. The molecule has 4 heteroatoms. The van der Waals surface area contributed by atoms with Gasteiger partial charge in [-0.15, -0.1) is 0 Å². The van der Waals surface area contributed by atoms with Gasteiger partial charge in [-0.2, -0.15) is 5.10 Å². The maximum absolute atomic E-state index is 4.64. The molecule has 0 spiro atoms. The van der Waals surface area contributed by atoms with Gasteiger partial charge in [0.15, 0.2) is 0 Å². The SMILES string of the molecule is CCc1cc(CN(CC)CC2CCCN2)n(CC)n1. The van der Waals surface area contributed by atoms with Crippen molar-refractivity contribution in [3.63, 3.8) is 0 Å². The minimum absolute atomic E-state index is 0.684. The predicted molar refractivity (Wildman–Crippen MR) is 79.3 cm³/mol. The summed E-state index contributed by atoms with van der Waals surface area (Å²) in [6.45, 7) is 12.0. The van der Waals surface area contributed by atoms with Crippen molar-refractivity contribution in [1.29, 1.82) is 0 Å². The van der Waals surface area contributed by atoms with Crippen LogP contribution in [0, 0.1) is 0 Å². The molecule has 19 heavy (non-hydrogen) atoms. The van der Waals surface area contributed by atoms with Crippen LogP contribution in [0.4, 0.5) is 0 Å². The fourth-order valence-corrected chi connectivity index (χ4v) is 2.85. The number of nitrogens with one attached hydrogen (secondary N) is 1. The monoisotopic (exact) mass is 264 g/mol. The maximum Gasteiger partial charge on any atom is 0.0625 e. The lowest BCUT2D eigenvalue weighted by atomic mass is 10.2. The second-order valence-electron chi connectivity index (χ2n) is 5.42. The van der Waals surface area contributed by atoms with Crippen LogP contribution in [0.15, 0.2) is 6.07 Å². The quantitative estimate of drug-likeness (QED) is 0.818. The van der Waals surface area contributed by atoms with Crippen LogP contribution < -0.4 is 5.32 Å². The molecule has 108 valence electrons. The van der Waals surface area contributed by atoms with E-state index in [1.54, 1.807) is 0 Å². The fourth-order valence-electron chi connectivity index (χ4n) is 2.85. The lowest BCUT2D eigenvalue weighted by molar-refractivity contribution is 0.246.